The maximum atomic E-state index is 7.60. The Balaban J connectivity index is 2.23. The zero-order valence-electron chi connectivity index (χ0n) is 10.6. The lowest BCUT2D eigenvalue weighted by Gasteiger charge is -2.27. The topological polar surface area (TPSA) is 49.9 Å². The highest BCUT2D eigenvalue weighted by Crippen LogP contribution is 2.52. The summed E-state index contributed by atoms with van der Waals surface area (Å²) in [5.41, 5.74) is 6.69. The second kappa shape index (κ2) is 6.17. The van der Waals surface area contributed by atoms with Gasteiger partial charge in [-0.05, 0) is 24.1 Å². The summed E-state index contributed by atoms with van der Waals surface area (Å²) >= 11 is 16.0. The number of nitrogens with two attached hydrogens (primary N) is 1. The highest BCUT2D eigenvalue weighted by Gasteiger charge is 2.40. The van der Waals surface area contributed by atoms with Gasteiger partial charge in [-0.2, -0.15) is 0 Å². The number of halogens is 2. The molecule has 2 unspecified atom stereocenters. The molecule has 0 spiro atoms. The first-order chi connectivity index (χ1) is 8.90. The molecule has 1 heterocycles. The smallest absolute Gasteiger partial charge is 0.0928 e. The first kappa shape index (κ1) is 15.4. The van der Waals surface area contributed by atoms with E-state index in [-0.39, 0.29) is 9.91 Å². The molecule has 1 aliphatic rings. The van der Waals surface area contributed by atoms with Gasteiger partial charge in [0.05, 0.1) is 9.91 Å². The standard InChI is InChI=1S/C13H16Cl2N2S2/c1-8-7-18-13(19-8,6-12(16)17)5-9-2-3-10(14)4-11(9)15/h2-4,8H,5-7H2,1H3,(H3,16,17). The Morgan fingerprint density at radius 3 is 2.79 bits per heavy atom. The van der Waals surface area contributed by atoms with Crippen molar-refractivity contribution in [3.05, 3.63) is 33.8 Å². The highest BCUT2D eigenvalue weighted by atomic mass is 35.5. The van der Waals surface area contributed by atoms with Gasteiger partial charge in [-0.25, -0.2) is 0 Å². The maximum absolute atomic E-state index is 7.60. The largest absolute Gasteiger partial charge is 0.388 e. The third-order valence-electron chi connectivity index (χ3n) is 2.93. The third kappa shape index (κ3) is 3.97. The van der Waals surface area contributed by atoms with E-state index < -0.39 is 0 Å². The van der Waals surface area contributed by atoms with E-state index in [4.69, 9.17) is 34.3 Å². The Morgan fingerprint density at radius 1 is 1.53 bits per heavy atom. The van der Waals surface area contributed by atoms with Crippen LogP contribution in [0.25, 0.3) is 0 Å². The van der Waals surface area contributed by atoms with Crippen LogP contribution in [-0.2, 0) is 6.42 Å². The van der Waals surface area contributed by atoms with E-state index in [0.29, 0.717) is 21.7 Å². The Morgan fingerprint density at radius 2 is 2.26 bits per heavy atom. The molecule has 3 N–H and O–H groups in total. The molecule has 2 atom stereocenters. The average molecular weight is 335 g/mol. The predicted octanol–water partition coefficient (Wildman–Crippen LogP) is 4.43. The molecule has 2 rings (SSSR count). The second-order valence-electron chi connectivity index (χ2n) is 4.76. The van der Waals surface area contributed by atoms with Gasteiger partial charge in [-0.15, -0.1) is 23.5 Å². The molecule has 0 saturated carbocycles. The van der Waals surface area contributed by atoms with Crippen LogP contribution in [-0.4, -0.2) is 20.9 Å². The van der Waals surface area contributed by atoms with Crippen LogP contribution in [0.4, 0.5) is 0 Å². The van der Waals surface area contributed by atoms with E-state index in [1.165, 1.54) is 0 Å². The Bertz CT molecular complexity index is 496. The molecule has 104 valence electrons. The number of hydrogen-bond donors (Lipinski definition) is 2. The molecular weight excluding hydrogens is 319 g/mol. The summed E-state index contributed by atoms with van der Waals surface area (Å²) in [5, 5.41) is 9.52. The fourth-order valence-corrected chi connectivity index (χ4v) is 6.38. The SMILES string of the molecule is CC1CSC(CC(=N)N)(Cc2ccc(Cl)cc2Cl)S1. The first-order valence-corrected chi connectivity index (χ1v) is 8.61. The van der Waals surface area contributed by atoms with Gasteiger partial charge < -0.3 is 5.73 Å². The zero-order chi connectivity index (χ0) is 14.0. The van der Waals surface area contributed by atoms with Crippen LogP contribution in [0.5, 0.6) is 0 Å². The third-order valence-corrected chi connectivity index (χ3v) is 7.14. The van der Waals surface area contributed by atoms with E-state index in [2.05, 4.69) is 6.92 Å². The number of nitrogens with one attached hydrogen (secondary N) is 1. The van der Waals surface area contributed by atoms with Gasteiger partial charge in [-0.3, -0.25) is 5.41 Å². The minimum Gasteiger partial charge on any atom is -0.388 e. The van der Waals surface area contributed by atoms with Crippen LogP contribution in [0.3, 0.4) is 0 Å². The minimum absolute atomic E-state index is 0.0667. The number of hydrogen-bond acceptors (Lipinski definition) is 3. The number of benzene rings is 1. The lowest BCUT2D eigenvalue weighted by Crippen LogP contribution is -2.28. The van der Waals surface area contributed by atoms with Crippen LogP contribution in [0, 0.1) is 5.41 Å². The molecule has 1 aliphatic heterocycles. The maximum Gasteiger partial charge on any atom is 0.0928 e. The van der Waals surface area contributed by atoms with E-state index in [1.54, 1.807) is 6.07 Å². The molecule has 1 fully saturated rings. The van der Waals surface area contributed by atoms with Crippen molar-refractivity contribution in [2.24, 2.45) is 5.73 Å². The van der Waals surface area contributed by atoms with Crippen LogP contribution >= 0.6 is 46.7 Å². The van der Waals surface area contributed by atoms with Crippen LogP contribution < -0.4 is 5.73 Å². The molecule has 1 aromatic rings. The zero-order valence-corrected chi connectivity index (χ0v) is 13.7. The van der Waals surface area contributed by atoms with E-state index in [1.807, 2.05) is 35.7 Å². The predicted molar refractivity (Wildman–Crippen MR) is 88.9 cm³/mol. The Hall–Kier alpha value is -0.0300. The van der Waals surface area contributed by atoms with E-state index in [0.717, 1.165) is 17.7 Å². The first-order valence-electron chi connectivity index (χ1n) is 5.99. The molecule has 2 nitrogen and oxygen atoms in total. The molecule has 6 heteroatoms. The van der Waals surface area contributed by atoms with Crippen molar-refractivity contribution in [3.63, 3.8) is 0 Å². The fraction of sp³-hybridized carbons (Fsp3) is 0.462. The monoisotopic (exact) mass is 334 g/mol. The van der Waals surface area contributed by atoms with Gasteiger partial charge >= 0.3 is 0 Å². The minimum atomic E-state index is -0.0667. The number of thioether (sulfide) groups is 2. The van der Waals surface area contributed by atoms with E-state index >= 15 is 0 Å². The molecule has 0 amide bonds. The fourth-order valence-electron chi connectivity index (χ4n) is 2.20. The van der Waals surface area contributed by atoms with Gasteiger partial charge in [0, 0.05) is 27.5 Å². The molecule has 1 aromatic carbocycles. The van der Waals surface area contributed by atoms with Gasteiger partial charge in [0.2, 0.25) is 0 Å². The summed E-state index contributed by atoms with van der Waals surface area (Å²) in [5.74, 6) is 1.32. The summed E-state index contributed by atoms with van der Waals surface area (Å²) in [7, 11) is 0. The summed E-state index contributed by atoms with van der Waals surface area (Å²) < 4.78 is -0.0667. The van der Waals surface area contributed by atoms with Crippen molar-refractivity contribution in [1.82, 2.24) is 0 Å². The quantitative estimate of drug-likeness (QED) is 0.632. The Labute approximate surface area is 132 Å². The second-order valence-corrected chi connectivity index (χ2v) is 9.09. The van der Waals surface area contributed by atoms with Crippen LogP contribution in [0.2, 0.25) is 10.0 Å². The molecule has 19 heavy (non-hydrogen) atoms. The van der Waals surface area contributed by atoms with Crippen LogP contribution in [0.1, 0.15) is 18.9 Å². The van der Waals surface area contributed by atoms with Crippen molar-refractivity contribution >= 4 is 52.6 Å². The summed E-state index contributed by atoms with van der Waals surface area (Å²) in [6, 6.07) is 5.60. The van der Waals surface area contributed by atoms with Crippen LogP contribution in [0.15, 0.2) is 18.2 Å². The van der Waals surface area contributed by atoms with Gasteiger partial charge in [0.1, 0.15) is 0 Å². The summed E-state index contributed by atoms with van der Waals surface area (Å²) in [4.78, 5) is 0. The van der Waals surface area contributed by atoms with Crippen molar-refractivity contribution in [2.75, 3.05) is 5.75 Å². The molecule has 0 aliphatic carbocycles. The summed E-state index contributed by atoms with van der Waals surface area (Å²) in [6.07, 6.45) is 1.40. The Kier molecular flexibility index (Phi) is 4.99. The van der Waals surface area contributed by atoms with Gasteiger partial charge in [0.25, 0.3) is 0 Å². The van der Waals surface area contributed by atoms with Crippen molar-refractivity contribution < 1.29 is 0 Å². The molecule has 0 aromatic heterocycles. The van der Waals surface area contributed by atoms with Crippen molar-refractivity contribution in [2.45, 2.75) is 29.1 Å². The average Bonchev–Trinajstić information content (AvgIpc) is 2.63. The number of amidine groups is 1. The van der Waals surface area contributed by atoms with Crippen molar-refractivity contribution in [1.29, 1.82) is 5.41 Å². The highest BCUT2D eigenvalue weighted by molar-refractivity contribution is 8.21. The molecule has 0 radical (unpaired) electrons. The molecule has 0 bridgehead atoms. The molecular formula is C13H16Cl2N2S2. The van der Waals surface area contributed by atoms with Gasteiger partial charge in [0.15, 0.2) is 0 Å². The normalized spacial score (nSPS) is 26.6. The summed E-state index contributed by atoms with van der Waals surface area (Å²) in [6.45, 7) is 2.21. The lowest BCUT2D eigenvalue weighted by molar-refractivity contribution is 0.825. The number of rotatable bonds is 4. The van der Waals surface area contributed by atoms with Gasteiger partial charge in [-0.1, -0.05) is 36.2 Å². The van der Waals surface area contributed by atoms with E-state index in [9.17, 15) is 0 Å². The molecule has 1 saturated heterocycles. The lowest BCUT2D eigenvalue weighted by atomic mass is 10.1. The van der Waals surface area contributed by atoms with Crippen molar-refractivity contribution in [3.8, 4) is 0 Å².